The molecular weight excluding hydrogens is 825 g/mol. The van der Waals surface area contributed by atoms with E-state index < -0.39 is 17.9 Å². The first-order valence-electron chi connectivity index (χ1n) is 20.3. The van der Waals surface area contributed by atoms with E-state index in [0.717, 1.165) is 40.9 Å². The zero-order chi connectivity index (χ0) is 44.3. The van der Waals surface area contributed by atoms with Crippen LogP contribution in [-0.4, -0.2) is 83.8 Å². The molecule has 0 radical (unpaired) electrons. The third-order valence-electron chi connectivity index (χ3n) is 11.7. The van der Waals surface area contributed by atoms with Crippen molar-refractivity contribution in [1.82, 2.24) is 65.5 Å². The summed E-state index contributed by atoms with van der Waals surface area (Å²) in [5.41, 5.74) is 13.3. The first-order chi connectivity index (χ1) is 30.8. The molecule has 4 aliphatic rings. The van der Waals surface area contributed by atoms with Crippen LogP contribution in [0.2, 0.25) is 0 Å². The highest BCUT2D eigenvalue weighted by Crippen LogP contribution is 2.47. The van der Waals surface area contributed by atoms with Crippen molar-refractivity contribution in [2.24, 2.45) is 5.73 Å². The monoisotopic (exact) mass is 862 g/mol. The topological polar surface area (TPSA) is 317 Å². The Balaban J connectivity index is 0.000000130. The lowest BCUT2D eigenvalue weighted by molar-refractivity contribution is -0.115. The van der Waals surface area contributed by atoms with Crippen molar-refractivity contribution in [3.63, 3.8) is 0 Å². The molecule has 0 unspecified atom stereocenters. The molecule has 0 bridgehead atoms. The number of amides is 4. The number of anilines is 2. The standard InChI is InChI=1S/C22H20N8O3.C13H12N4O.C7H6N4O2/c1-10(25-21(32)17-11-7-16(31)28-18(11)24-9-23-17)14-8-13(30-33-14)20-26-12-3-4-15(22(2)5-6-22)27-19(12)29-20;1-13(5-6-13)10-3-2-8-11(15-10)16-12(14-8)9-4-7-18-17-9;8-6(13)5-3-1-4(12)11-7(3)10-2-9-5/h3-4,8-10H,5-7H2,1-2H3,(H,25,32)(H,26,27,29)(H,23,24,28,31);2-4,7H,5-6H2,1H3,(H,14,15,16);2H,1H2,(H2,8,13)(H,9,10,11,12)/t10-;;/m1../s1. The molecule has 0 saturated heterocycles. The van der Waals surface area contributed by atoms with E-state index in [4.69, 9.17) is 19.8 Å². The van der Waals surface area contributed by atoms with E-state index >= 15 is 0 Å². The average molecular weight is 863 g/mol. The molecule has 10 heterocycles. The van der Waals surface area contributed by atoms with Crippen LogP contribution in [0.5, 0.6) is 0 Å². The second-order valence-corrected chi connectivity index (χ2v) is 16.5. The van der Waals surface area contributed by atoms with Crippen molar-refractivity contribution < 1.29 is 28.2 Å². The van der Waals surface area contributed by atoms with Crippen LogP contribution in [0.3, 0.4) is 0 Å². The van der Waals surface area contributed by atoms with Gasteiger partial charge in [-0.25, -0.2) is 39.9 Å². The van der Waals surface area contributed by atoms with Gasteiger partial charge in [-0.05, 0) is 56.9 Å². The highest BCUT2D eigenvalue weighted by atomic mass is 16.5. The maximum Gasteiger partial charge on any atom is 0.270 e. The molecule has 0 spiro atoms. The van der Waals surface area contributed by atoms with Crippen molar-refractivity contribution >= 4 is 57.6 Å². The van der Waals surface area contributed by atoms with Crippen LogP contribution < -0.4 is 21.7 Å². The molecule has 1 atom stereocenters. The fourth-order valence-corrected chi connectivity index (χ4v) is 7.32. The number of primary amides is 1. The van der Waals surface area contributed by atoms with Crippen LogP contribution >= 0.6 is 0 Å². The summed E-state index contributed by atoms with van der Waals surface area (Å²) in [6, 6.07) is 11.2. The normalized spacial score (nSPS) is 16.4. The summed E-state index contributed by atoms with van der Waals surface area (Å²) in [6.45, 7) is 6.22. The fourth-order valence-electron chi connectivity index (χ4n) is 7.32. The minimum absolute atomic E-state index is 0.0702. The Kier molecular flexibility index (Phi) is 9.49. The fraction of sp³-hybridized carbons (Fsp3) is 0.286. The van der Waals surface area contributed by atoms with E-state index in [-0.39, 0.29) is 46.9 Å². The third kappa shape index (κ3) is 7.64. The molecule has 64 heavy (non-hydrogen) atoms. The summed E-state index contributed by atoms with van der Waals surface area (Å²) < 4.78 is 10.3. The largest absolute Gasteiger partial charge is 0.364 e. The minimum Gasteiger partial charge on any atom is -0.364 e. The molecule has 2 aliphatic carbocycles. The Labute approximate surface area is 361 Å². The Morgan fingerprint density at radius 1 is 0.719 bits per heavy atom. The van der Waals surface area contributed by atoms with Crippen molar-refractivity contribution in [1.29, 1.82) is 0 Å². The van der Waals surface area contributed by atoms with Gasteiger partial charge in [0, 0.05) is 45.5 Å². The van der Waals surface area contributed by atoms with Crippen LogP contribution in [0, 0.1) is 0 Å². The highest BCUT2D eigenvalue weighted by molar-refractivity contribution is 6.04. The second-order valence-electron chi connectivity index (χ2n) is 16.5. The number of fused-ring (bicyclic) bond motifs is 4. The van der Waals surface area contributed by atoms with Gasteiger partial charge in [0.1, 0.15) is 53.3 Å². The number of carbonyl (C=O) groups excluding carboxylic acids is 4. The summed E-state index contributed by atoms with van der Waals surface area (Å²) in [5, 5.41) is 15.9. The number of imidazole rings is 2. The zero-order valence-electron chi connectivity index (χ0n) is 34.5. The van der Waals surface area contributed by atoms with E-state index in [9.17, 15) is 19.2 Å². The lowest BCUT2D eigenvalue weighted by Gasteiger charge is -2.11. The zero-order valence-corrected chi connectivity index (χ0v) is 34.5. The number of pyridine rings is 2. The van der Waals surface area contributed by atoms with Gasteiger partial charge in [0.15, 0.2) is 28.7 Å². The second kappa shape index (κ2) is 15.3. The molecule has 8 aromatic rings. The average Bonchev–Trinajstić information content (AvgIpc) is 3.79. The summed E-state index contributed by atoms with van der Waals surface area (Å²) in [5.74, 6) is 0.967. The quantitative estimate of drug-likeness (QED) is 0.125. The molecule has 7 N–H and O–H groups in total. The number of rotatable bonds is 8. The SMILES string of the molecule is CC1(c2ccc3[nH]c(-c4ccon4)nc3n2)CC1.C[C@@H](NC(=O)c1ncnc2c1CC(=O)N2)c1cc(-c2nc3nc(C4(C)CC4)ccc3[nH]2)no1.NC(=O)c1ncnc2c1CC(=O)N2. The lowest BCUT2D eigenvalue weighted by atomic mass is 10.1. The number of hydrogen-bond donors (Lipinski definition) is 6. The van der Waals surface area contributed by atoms with E-state index in [1.807, 2.05) is 18.2 Å². The lowest BCUT2D eigenvalue weighted by Crippen LogP contribution is -2.28. The van der Waals surface area contributed by atoms with Crippen LogP contribution in [0.1, 0.15) is 102 Å². The number of nitrogens with one attached hydrogen (secondary N) is 5. The van der Waals surface area contributed by atoms with Crippen molar-refractivity contribution in [2.75, 3.05) is 10.6 Å². The summed E-state index contributed by atoms with van der Waals surface area (Å²) >= 11 is 0. The summed E-state index contributed by atoms with van der Waals surface area (Å²) in [7, 11) is 0. The number of H-pyrrole nitrogens is 2. The smallest absolute Gasteiger partial charge is 0.270 e. The Morgan fingerprint density at radius 3 is 1.80 bits per heavy atom. The van der Waals surface area contributed by atoms with Crippen LogP contribution in [0.15, 0.2) is 64.4 Å². The molecule has 0 aromatic carbocycles. The predicted octanol–water partition coefficient (Wildman–Crippen LogP) is 4.17. The third-order valence-corrected chi connectivity index (χ3v) is 11.7. The van der Waals surface area contributed by atoms with Gasteiger partial charge in [0.2, 0.25) is 11.8 Å². The number of carbonyl (C=O) groups is 4. The number of nitrogens with two attached hydrogens (primary N) is 1. The van der Waals surface area contributed by atoms with E-state index in [0.29, 0.717) is 57.2 Å². The van der Waals surface area contributed by atoms with Gasteiger partial charge in [0.05, 0.1) is 29.9 Å². The number of nitrogens with zero attached hydrogens (tertiary/aromatic N) is 10. The molecule has 22 nitrogen and oxygen atoms in total. The Hall–Kier alpha value is -8.30. The molecule has 2 aliphatic heterocycles. The Morgan fingerprint density at radius 2 is 1.27 bits per heavy atom. The van der Waals surface area contributed by atoms with Crippen molar-refractivity contribution in [3.05, 3.63) is 95.0 Å². The molecule has 22 heteroatoms. The van der Waals surface area contributed by atoms with E-state index in [1.165, 1.54) is 31.8 Å². The molecule has 2 fully saturated rings. The summed E-state index contributed by atoms with van der Waals surface area (Å²) in [6.07, 6.45) is 8.89. The van der Waals surface area contributed by atoms with E-state index in [2.05, 4.69) is 91.0 Å². The van der Waals surface area contributed by atoms with Gasteiger partial charge in [-0.2, -0.15) is 0 Å². The number of aromatic amines is 2. The predicted molar refractivity (Wildman–Crippen MR) is 225 cm³/mol. The molecule has 2 saturated carbocycles. The molecule has 4 amide bonds. The molecule has 12 rings (SSSR count). The van der Waals surface area contributed by atoms with Crippen LogP contribution in [0.25, 0.3) is 45.4 Å². The van der Waals surface area contributed by atoms with Crippen molar-refractivity contribution in [3.8, 4) is 23.0 Å². The van der Waals surface area contributed by atoms with Gasteiger partial charge in [-0.15, -0.1) is 0 Å². The van der Waals surface area contributed by atoms with Crippen LogP contribution in [-0.2, 0) is 33.3 Å². The Bertz CT molecular complexity index is 3160. The molecule has 322 valence electrons. The van der Waals surface area contributed by atoms with Gasteiger partial charge in [-0.1, -0.05) is 24.2 Å². The maximum atomic E-state index is 12.8. The van der Waals surface area contributed by atoms with E-state index in [1.54, 1.807) is 19.1 Å². The molecule has 8 aromatic heterocycles. The maximum absolute atomic E-state index is 12.8. The van der Waals surface area contributed by atoms with Crippen LogP contribution in [0.4, 0.5) is 11.6 Å². The van der Waals surface area contributed by atoms with Gasteiger partial charge in [0.25, 0.3) is 11.8 Å². The van der Waals surface area contributed by atoms with Gasteiger partial charge < -0.3 is 40.7 Å². The summed E-state index contributed by atoms with van der Waals surface area (Å²) in [4.78, 5) is 86.6. The first-order valence-corrected chi connectivity index (χ1v) is 20.3. The first kappa shape index (κ1) is 39.8. The van der Waals surface area contributed by atoms with Crippen molar-refractivity contribution in [2.45, 2.75) is 76.2 Å². The van der Waals surface area contributed by atoms with Gasteiger partial charge in [-0.3, -0.25) is 19.2 Å². The highest BCUT2D eigenvalue weighted by Gasteiger charge is 2.41. The molecular formula is C42H38N16O6. The number of aromatic nitrogens is 12. The number of hydrogen-bond acceptors (Lipinski definition) is 16. The minimum atomic E-state index is -0.643. The van der Waals surface area contributed by atoms with Gasteiger partial charge >= 0.3 is 0 Å².